The lowest BCUT2D eigenvalue weighted by Gasteiger charge is -2.19. The molecule has 1 aromatic carbocycles. The summed E-state index contributed by atoms with van der Waals surface area (Å²) < 4.78 is 13.3. The second kappa shape index (κ2) is 6.85. The van der Waals surface area contributed by atoms with E-state index < -0.39 is 12.9 Å². The molecule has 0 atom stereocenters. The third kappa shape index (κ3) is 5.14. The first-order valence-electron chi connectivity index (χ1n) is 5.87. The standard InChI is InChI=1S/C12H20BFN2O2/c1-15(2)4-5-16(3)9-10-6-11(13(17)18)8-12(14)7-10/h6-8,17-18H,4-5,9H2,1-3H3. The quantitative estimate of drug-likeness (QED) is 0.672. The first-order chi connectivity index (χ1) is 8.38. The van der Waals surface area contributed by atoms with Crippen LogP contribution >= 0.6 is 0 Å². The Labute approximate surface area is 108 Å². The smallest absolute Gasteiger partial charge is 0.423 e. The molecule has 0 aliphatic heterocycles. The van der Waals surface area contributed by atoms with Crippen LogP contribution in [0.4, 0.5) is 4.39 Å². The predicted octanol–water partition coefficient (Wildman–Crippen LogP) is -0.501. The first-order valence-corrected chi connectivity index (χ1v) is 5.87. The molecule has 0 saturated carbocycles. The average molecular weight is 254 g/mol. The van der Waals surface area contributed by atoms with E-state index in [4.69, 9.17) is 10.0 Å². The highest BCUT2D eigenvalue weighted by Gasteiger charge is 2.13. The molecule has 4 nitrogen and oxygen atoms in total. The molecule has 0 saturated heterocycles. The van der Waals surface area contributed by atoms with Crippen LogP contribution in [0.3, 0.4) is 0 Å². The summed E-state index contributed by atoms with van der Waals surface area (Å²) in [6.45, 7) is 2.35. The van der Waals surface area contributed by atoms with Crippen LogP contribution in [-0.4, -0.2) is 61.2 Å². The van der Waals surface area contributed by atoms with Gasteiger partial charge in [0.1, 0.15) is 5.82 Å². The Morgan fingerprint density at radius 1 is 1.11 bits per heavy atom. The Morgan fingerprint density at radius 2 is 1.78 bits per heavy atom. The monoisotopic (exact) mass is 254 g/mol. The zero-order valence-corrected chi connectivity index (χ0v) is 11.1. The molecule has 0 bridgehead atoms. The van der Waals surface area contributed by atoms with Gasteiger partial charge in [-0.2, -0.15) is 0 Å². The summed E-state index contributed by atoms with van der Waals surface area (Å²) in [7, 11) is 4.31. The molecule has 0 aromatic heterocycles. The van der Waals surface area contributed by atoms with E-state index in [2.05, 4.69) is 9.80 Å². The molecular weight excluding hydrogens is 234 g/mol. The molecule has 1 aromatic rings. The maximum Gasteiger partial charge on any atom is 0.488 e. The Morgan fingerprint density at radius 3 is 2.33 bits per heavy atom. The normalized spacial score (nSPS) is 11.3. The minimum absolute atomic E-state index is 0.186. The lowest BCUT2D eigenvalue weighted by Crippen LogP contribution is -2.32. The van der Waals surface area contributed by atoms with E-state index in [-0.39, 0.29) is 5.46 Å². The second-order valence-electron chi connectivity index (χ2n) is 4.81. The summed E-state index contributed by atoms with van der Waals surface area (Å²) in [6, 6.07) is 4.16. The van der Waals surface area contributed by atoms with Crippen LogP contribution in [0.5, 0.6) is 0 Å². The highest BCUT2D eigenvalue weighted by atomic mass is 19.1. The molecule has 0 spiro atoms. The fourth-order valence-electron chi connectivity index (χ4n) is 1.68. The van der Waals surface area contributed by atoms with Crippen molar-refractivity contribution in [3.8, 4) is 0 Å². The zero-order valence-electron chi connectivity index (χ0n) is 11.1. The van der Waals surface area contributed by atoms with Gasteiger partial charge >= 0.3 is 7.12 Å². The van der Waals surface area contributed by atoms with Gasteiger partial charge in [0.15, 0.2) is 0 Å². The molecule has 0 fully saturated rings. The van der Waals surface area contributed by atoms with E-state index in [1.54, 1.807) is 6.07 Å². The Kier molecular flexibility index (Phi) is 5.75. The van der Waals surface area contributed by atoms with Crippen molar-refractivity contribution in [1.82, 2.24) is 9.80 Å². The van der Waals surface area contributed by atoms with Gasteiger partial charge in [-0.3, -0.25) is 0 Å². The van der Waals surface area contributed by atoms with E-state index in [0.717, 1.165) is 24.7 Å². The lowest BCUT2D eigenvalue weighted by molar-refractivity contribution is 0.276. The van der Waals surface area contributed by atoms with Crippen molar-refractivity contribution in [2.45, 2.75) is 6.54 Å². The summed E-state index contributed by atoms with van der Waals surface area (Å²) in [5.74, 6) is -0.448. The third-order valence-electron chi connectivity index (χ3n) is 2.66. The number of halogens is 1. The first kappa shape index (κ1) is 15.1. The summed E-state index contributed by atoms with van der Waals surface area (Å²) in [4.78, 5) is 4.13. The van der Waals surface area contributed by atoms with Crippen LogP contribution in [0.15, 0.2) is 18.2 Å². The summed E-state index contributed by atoms with van der Waals surface area (Å²) in [5.41, 5.74) is 0.922. The Bertz CT molecular complexity index is 388. The Hall–Kier alpha value is -0.945. The molecule has 0 amide bonds. The molecule has 2 N–H and O–H groups in total. The van der Waals surface area contributed by atoms with Crippen molar-refractivity contribution in [3.63, 3.8) is 0 Å². The predicted molar refractivity (Wildman–Crippen MR) is 71.1 cm³/mol. The lowest BCUT2D eigenvalue weighted by atomic mass is 9.79. The fraction of sp³-hybridized carbons (Fsp3) is 0.500. The van der Waals surface area contributed by atoms with Crippen molar-refractivity contribution in [2.24, 2.45) is 0 Å². The van der Waals surface area contributed by atoms with Gasteiger partial charge in [-0.15, -0.1) is 0 Å². The van der Waals surface area contributed by atoms with Gasteiger partial charge in [-0.1, -0.05) is 6.07 Å². The average Bonchev–Trinajstić information content (AvgIpc) is 2.25. The summed E-state index contributed by atoms with van der Waals surface area (Å²) in [6.07, 6.45) is 0. The van der Waals surface area contributed by atoms with E-state index in [1.165, 1.54) is 6.07 Å². The highest BCUT2D eigenvalue weighted by molar-refractivity contribution is 6.58. The molecule has 0 heterocycles. The minimum Gasteiger partial charge on any atom is -0.423 e. The third-order valence-corrected chi connectivity index (χ3v) is 2.66. The van der Waals surface area contributed by atoms with Crippen LogP contribution in [0.1, 0.15) is 5.56 Å². The minimum atomic E-state index is -1.63. The van der Waals surface area contributed by atoms with Crippen molar-refractivity contribution in [1.29, 1.82) is 0 Å². The molecular formula is C12H20BFN2O2. The van der Waals surface area contributed by atoms with Crippen molar-refractivity contribution in [3.05, 3.63) is 29.6 Å². The highest BCUT2D eigenvalue weighted by Crippen LogP contribution is 2.05. The molecule has 0 aliphatic carbocycles. The second-order valence-corrected chi connectivity index (χ2v) is 4.81. The summed E-state index contributed by atoms with van der Waals surface area (Å²) >= 11 is 0. The largest absolute Gasteiger partial charge is 0.488 e. The maximum absolute atomic E-state index is 13.3. The molecule has 0 aliphatic rings. The molecule has 18 heavy (non-hydrogen) atoms. The van der Waals surface area contributed by atoms with E-state index >= 15 is 0 Å². The van der Waals surface area contributed by atoms with Gasteiger partial charge in [-0.05, 0) is 44.3 Å². The summed E-state index contributed by atoms with van der Waals surface area (Å²) in [5, 5.41) is 18.1. The molecule has 100 valence electrons. The number of rotatable bonds is 6. The molecule has 1 rings (SSSR count). The van der Waals surface area contributed by atoms with E-state index in [9.17, 15) is 4.39 Å². The van der Waals surface area contributed by atoms with Gasteiger partial charge in [0.25, 0.3) is 0 Å². The van der Waals surface area contributed by atoms with Crippen LogP contribution in [0.2, 0.25) is 0 Å². The molecule has 0 radical (unpaired) electrons. The van der Waals surface area contributed by atoms with Crippen LogP contribution in [0, 0.1) is 5.82 Å². The molecule has 6 heteroatoms. The van der Waals surface area contributed by atoms with Crippen LogP contribution in [0.25, 0.3) is 0 Å². The van der Waals surface area contributed by atoms with Gasteiger partial charge in [0.05, 0.1) is 0 Å². The van der Waals surface area contributed by atoms with Crippen LogP contribution in [-0.2, 0) is 6.54 Å². The molecule has 0 unspecified atom stereocenters. The fourth-order valence-corrected chi connectivity index (χ4v) is 1.68. The van der Waals surface area contributed by atoms with Gasteiger partial charge in [-0.25, -0.2) is 4.39 Å². The number of likely N-dealkylation sites (N-methyl/N-ethyl adjacent to an activating group) is 2. The van der Waals surface area contributed by atoms with Crippen molar-refractivity contribution >= 4 is 12.6 Å². The Balaban J connectivity index is 2.66. The SMILES string of the molecule is CN(C)CCN(C)Cc1cc(F)cc(B(O)O)c1. The van der Waals surface area contributed by atoms with Crippen LogP contribution < -0.4 is 5.46 Å². The number of benzene rings is 1. The van der Waals surface area contributed by atoms with Gasteiger partial charge < -0.3 is 19.8 Å². The van der Waals surface area contributed by atoms with Gasteiger partial charge in [0.2, 0.25) is 0 Å². The zero-order chi connectivity index (χ0) is 13.7. The maximum atomic E-state index is 13.3. The topological polar surface area (TPSA) is 46.9 Å². The number of hydrogen-bond acceptors (Lipinski definition) is 4. The van der Waals surface area contributed by atoms with E-state index in [1.807, 2.05) is 21.1 Å². The number of nitrogens with zero attached hydrogens (tertiary/aromatic N) is 2. The van der Waals surface area contributed by atoms with Gasteiger partial charge in [0, 0.05) is 19.6 Å². The van der Waals surface area contributed by atoms with E-state index in [0.29, 0.717) is 6.54 Å². The number of hydrogen-bond donors (Lipinski definition) is 2. The van der Waals surface area contributed by atoms with Crippen molar-refractivity contribution < 1.29 is 14.4 Å². The van der Waals surface area contributed by atoms with Crippen molar-refractivity contribution in [2.75, 3.05) is 34.2 Å².